The lowest BCUT2D eigenvalue weighted by Gasteiger charge is -2.09. The van der Waals surface area contributed by atoms with Crippen molar-refractivity contribution in [3.8, 4) is 5.75 Å². The van der Waals surface area contributed by atoms with Crippen LogP contribution in [0.15, 0.2) is 36.4 Å². The summed E-state index contributed by atoms with van der Waals surface area (Å²) in [5, 5.41) is 10.7. The average molecular weight is 203 g/mol. The molecule has 0 heterocycles. The van der Waals surface area contributed by atoms with E-state index >= 15 is 0 Å². The van der Waals surface area contributed by atoms with Crippen molar-refractivity contribution in [2.24, 2.45) is 0 Å². The minimum Gasteiger partial charge on any atom is -0.489 e. The second kappa shape index (κ2) is 4.19. The van der Waals surface area contributed by atoms with Gasteiger partial charge in [-0.3, -0.25) is 0 Å². The standard InChI is InChI=1S/C12H13NO2/c13-12-10-4-2-1-3-9(10)5-6-11(12)15-8-7-14/h1-6,14H,7-8,13H2. The summed E-state index contributed by atoms with van der Waals surface area (Å²) in [6.45, 7) is 0.259. The highest BCUT2D eigenvalue weighted by atomic mass is 16.5. The van der Waals surface area contributed by atoms with Crippen LogP contribution >= 0.6 is 0 Å². The van der Waals surface area contributed by atoms with E-state index in [-0.39, 0.29) is 13.2 Å². The maximum absolute atomic E-state index is 8.67. The minimum absolute atomic E-state index is 0.00767. The van der Waals surface area contributed by atoms with Gasteiger partial charge in [0.15, 0.2) is 0 Å². The van der Waals surface area contributed by atoms with Crippen LogP contribution < -0.4 is 10.5 Å². The largest absolute Gasteiger partial charge is 0.489 e. The van der Waals surface area contributed by atoms with Crippen LogP contribution in [-0.4, -0.2) is 18.3 Å². The predicted molar refractivity (Wildman–Crippen MR) is 60.9 cm³/mol. The molecule has 0 saturated heterocycles. The van der Waals surface area contributed by atoms with Gasteiger partial charge in [-0.15, -0.1) is 0 Å². The van der Waals surface area contributed by atoms with Crippen LogP contribution in [0.1, 0.15) is 0 Å². The Labute approximate surface area is 88.1 Å². The van der Waals surface area contributed by atoms with Crippen molar-refractivity contribution >= 4 is 16.5 Å². The summed E-state index contributed by atoms with van der Waals surface area (Å²) in [7, 11) is 0. The number of nitrogen functional groups attached to an aromatic ring is 1. The lowest BCUT2D eigenvalue weighted by atomic mass is 10.1. The van der Waals surface area contributed by atoms with Gasteiger partial charge in [-0.1, -0.05) is 30.3 Å². The maximum Gasteiger partial charge on any atom is 0.142 e. The van der Waals surface area contributed by atoms with Crippen LogP contribution in [-0.2, 0) is 0 Å². The van der Waals surface area contributed by atoms with Crippen LogP contribution in [0.5, 0.6) is 5.75 Å². The molecule has 0 aliphatic carbocycles. The zero-order chi connectivity index (χ0) is 10.7. The average Bonchev–Trinajstić information content (AvgIpc) is 2.29. The number of hydrogen-bond donors (Lipinski definition) is 2. The summed E-state index contributed by atoms with van der Waals surface area (Å²) in [5.41, 5.74) is 6.58. The zero-order valence-corrected chi connectivity index (χ0v) is 8.31. The normalized spacial score (nSPS) is 10.5. The minimum atomic E-state index is -0.00767. The molecule has 2 rings (SSSR count). The fraction of sp³-hybridized carbons (Fsp3) is 0.167. The second-order valence-electron chi connectivity index (χ2n) is 3.27. The van der Waals surface area contributed by atoms with E-state index in [1.165, 1.54) is 0 Å². The van der Waals surface area contributed by atoms with Gasteiger partial charge in [0.1, 0.15) is 12.4 Å². The predicted octanol–water partition coefficient (Wildman–Crippen LogP) is 1.79. The second-order valence-corrected chi connectivity index (χ2v) is 3.27. The van der Waals surface area contributed by atoms with Gasteiger partial charge in [0.25, 0.3) is 0 Å². The van der Waals surface area contributed by atoms with E-state index in [1.807, 2.05) is 36.4 Å². The fourth-order valence-electron chi connectivity index (χ4n) is 1.56. The summed E-state index contributed by atoms with van der Waals surface area (Å²) in [6.07, 6.45) is 0. The van der Waals surface area contributed by atoms with E-state index in [1.54, 1.807) is 0 Å². The SMILES string of the molecule is Nc1c(OCCO)ccc2ccccc12. The van der Waals surface area contributed by atoms with Gasteiger partial charge >= 0.3 is 0 Å². The van der Waals surface area contributed by atoms with E-state index in [4.69, 9.17) is 15.6 Å². The first-order valence-electron chi connectivity index (χ1n) is 4.84. The van der Waals surface area contributed by atoms with Crippen molar-refractivity contribution in [1.29, 1.82) is 0 Å². The Bertz CT molecular complexity index is 468. The molecule has 2 aromatic rings. The molecule has 78 valence electrons. The van der Waals surface area contributed by atoms with Crippen molar-refractivity contribution < 1.29 is 9.84 Å². The molecule has 0 atom stereocenters. The molecule has 0 amide bonds. The Morgan fingerprint density at radius 1 is 1.13 bits per heavy atom. The summed E-state index contributed by atoms with van der Waals surface area (Å²) in [5.74, 6) is 0.628. The molecule has 3 nitrogen and oxygen atoms in total. The van der Waals surface area contributed by atoms with Crippen molar-refractivity contribution in [1.82, 2.24) is 0 Å². The number of nitrogens with two attached hydrogens (primary N) is 1. The monoisotopic (exact) mass is 203 g/mol. The zero-order valence-electron chi connectivity index (χ0n) is 8.31. The van der Waals surface area contributed by atoms with Crippen LogP contribution in [0.3, 0.4) is 0 Å². The first-order valence-corrected chi connectivity index (χ1v) is 4.84. The number of fused-ring (bicyclic) bond motifs is 1. The molecule has 3 heteroatoms. The molecular weight excluding hydrogens is 190 g/mol. The Morgan fingerprint density at radius 3 is 2.73 bits per heavy atom. The first kappa shape index (κ1) is 9.80. The molecule has 0 fully saturated rings. The van der Waals surface area contributed by atoms with Gasteiger partial charge in [0, 0.05) is 5.39 Å². The molecule has 0 unspecified atom stereocenters. The van der Waals surface area contributed by atoms with Gasteiger partial charge < -0.3 is 15.6 Å². The Morgan fingerprint density at radius 2 is 1.93 bits per heavy atom. The molecule has 0 bridgehead atoms. The molecule has 15 heavy (non-hydrogen) atoms. The van der Waals surface area contributed by atoms with Crippen molar-refractivity contribution in [2.75, 3.05) is 18.9 Å². The molecule has 0 aliphatic heterocycles. The number of hydrogen-bond acceptors (Lipinski definition) is 3. The summed E-state index contributed by atoms with van der Waals surface area (Å²) >= 11 is 0. The van der Waals surface area contributed by atoms with Crippen molar-refractivity contribution in [3.63, 3.8) is 0 Å². The third kappa shape index (κ3) is 1.87. The number of aliphatic hydroxyl groups excluding tert-OH is 1. The van der Waals surface area contributed by atoms with Gasteiger partial charge in [-0.2, -0.15) is 0 Å². The lowest BCUT2D eigenvalue weighted by molar-refractivity contribution is 0.202. The maximum atomic E-state index is 8.67. The van der Waals surface area contributed by atoms with Gasteiger partial charge in [-0.25, -0.2) is 0 Å². The molecule has 0 aromatic heterocycles. The molecule has 0 radical (unpaired) electrons. The van der Waals surface area contributed by atoms with Crippen molar-refractivity contribution in [3.05, 3.63) is 36.4 Å². The Hall–Kier alpha value is -1.74. The molecule has 0 saturated carbocycles. The Balaban J connectivity index is 2.45. The Kier molecular flexibility index (Phi) is 2.74. The molecule has 3 N–H and O–H groups in total. The topological polar surface area (TPSA) is 55.5 Å². The summed E-state index contributed by atoms with van der Waals surface area (Å²) < 4.78 is 5.32. The van der Waals surface area contributed by atoms with E-state index in [9.17, 15) is 0 Å². The highest BCUT2D eigenvalue weighted by Crippen LogP contribution is 2.30. The highest BCUT2D eigenvalue weighted by molar-refractivity contribution is 5.95. The van der Waals surface area contributed by atoms with Crippen LogP contribution in [0.2, 0.25) is 0 Å². The van der Waals surface area contributed by atoms with Crippen LogP contribution in [0, 0.1) is 0 Å². The number of benzene rings is 2. The van der Waals surface area contributed by atoms with Crippen LogP contribution in [0.25, 0.3) is 10.8 Å². The molecule has 0 spiro atoms. The van der Waals surface area contributed by atoms with Gasteiger partial charge in [0.2, 0.25) is 0 Å². The fourth-order valence-corrected chi connectivity index (χ4v) is 1.56. The van der Waals surface area contributed by atoms with E-state index in [0.29, 0.717) is 11.4 Å². The number of rotatable bonds is 3. The summed E-state index contributed by atoms with van der Waals surface area (Å²) in [6, 6.07) is 11.6. The van der Waals surface area contributed by atoms with Crippen molar-refractivity contribution in [2.45, 2.75) is 0 Å². The van der Waals surface area contributed by atoms with E-state index in [0.717, 1.165) is 10.8 Å². The molecular formula is C12H13NO2. The highest BCUT2D eigenvalue weighted by Gasteiger charge is 2.04. The van der Waals surface area contributed by atoms with E-state index in [2.05, 4.69) is 0 Å². The molecule has 2 aromatic carbocycles. The first-order chi connectivity index (χ1) is 7.33. The third-order valence-electron chi connectivity index (χ3n) is 2.28. The van der Waals surface area contributed by atoms with Gasteiger partial charge in [-0.05, 0) is 11.5 Å². The van der Waals surface area contributed by atoms with Crippen LogP contribution in [0.4, 0.5) is 5.69 Å². The quantitative estimate of drug-likeness (QED) is 0.748. The smallest absolute Gasteiger partial charge is 0.142 e. The third-order valence-corrected chi connectivity index (χ3v) is 2.28. The van der Waals surface area contributed by atoms with Gasteiger partial charge in [0.05, 0.1) is 12.3 Å². The summed E-state index contributed by atoms with van der Waals surface area (Å²) in [4.78, 5) is 0. The molecule has 0 aliphatic rings. The van der Waals surface area contributed by atoms with E-state index < -0.39 is 0 Å². The number of aliphatic hydroxyl groups is 1. The number of anilines is 1. The number of ether oxygens (including phenoxy) is 1. The lowest BCUT2D eigenvalue weighted by Crippen LogP contribution is -2.03.